The zero-order valence-electron chi connectivity index (χ0n) is 13.9. The van der Waals surface area contributed by atoms with E-state index >= 15 is 0 Å². The first-order valence-corrected chi connectivity index (χ1v) is 8.34. The smallest absolute Gasteiger partial charge is 0.296 e. The first kappa shape index (κ1) is 18.8. The van der Waals surface area contributed by atoms with E-state index in [9.17, 15) is 14.9 Å². The Morgan fingerprint density at radius 3 is 2.67 bits per heavy atom. The third-order valence-corrected chi connectivity index (χ3v) is 4.52. The van der Waals surface area contributed by atoms with E-state index in [0.29, 0.717) is 27.1 Å². The van der Waals surface area contributed by atoms with Crippen molar-refractivity contribution in [2.24, 2.45) is 0 Å². The lowest BCUT2D eigenvalue weighted by Gasteiger charge is -2.06. The summed E-state index contributed by atoms with van der Waals surface area (Å²) < 4.78 is 10.5. The maximum Gasteiger partial charge on any atom is 0.296 e. The fourth-order valence-corrected chi connectivity index (χ4v) is 2.77. The van der Waals surface area contributed by atoms with Gasteiger partial charge in [-0.25, -0.2) is 0 Å². The maximum atomic E-state index is 12.4. The molecule has 0 aliphatic heterocycles. The van der Waals surface area contributed by atoms with Gasteiger partial charge in [-0.1, -0.05) is 29.3 Å². The van der Waals surface area contributed by atoms with Gasteiger partial charge in [0.05, 0.1) is 28.1 Å². The average Bonchev–Trinajstić information content (AvgIpc) is 3.14. The normalized spacial score (nSPS) is 10.5. The molecule has 0 saturated heterocycles. The van der Waals surface area contributed by atoms with Crippen LogP contribution in [-0.2, 0) is 0 Å². The molecule has 7 nitrogen and oxygen atoms in total. The van der Waals surface area contributed by atoms with Crippen LogP contribution in [0.25, 0.3) is 11.3 Å². The molecule has 1 N–H and O–H groups in total. The highest BCUT2D eigenvalue weighted by Gasteiger charge is 2.20. The molecule has 27 heavy (non-hydrogen) atoms. The lowest BCUT2D eigenvalue weighted by atomic mass is 10.2. The molecular weight excluding hydrogens is 395 g/mol. The average molecular weight is 407 g/mol. The van der Waals surface area contributed by atoms with Gasteiger partial charge in [0.1, 0.15) is 17.2 Å². The van der Waals surface area contributed by atoms with Crippen LogP contribution in [0, 0.1) is 10.1 Å². The second kappa shape index (κ2) is 7.69. The summed E-state index contributed by atoms with van der Waals surface area (Å²) in [4.78, 5) is 23.0. The summed E-state index contributed by atoms with van der Waals surface area (Å²) in [6.07, 6.45) is 0. The summed E-state index contributed by atoms with van der Waals surface area (Å²) in [5.74, 6) is -0.0358. The Hall–Kier alpha value is -3.03. The molecule has 0 atom stereocenters. The van der Waals surface area contributed by atoms with E-state index in [1.165, 1.54) is 31.4 Å². The molecule has 9 heteroatoms. The molecule has 0 bridgehead atoms. The Balaban J connectivity index is 1.87. The number of nitrogens with zero attached hydrogens (tertiary/aromatic N) is 1. The monoisotopic (exact) mass is 406 g/mol. The minimum absolute atomic E-state index is 0.0181. The standard InChI is InChI=1S/C18H12Cl2N2O5/c1-26-10-5-6-13(14(9-10)22(24)25)21-18(23)16-8-7-15(27-16)11-3-2-4-12(19)17(11)20/h2-9H,1H3,(H,21,23). The summed E-state index contributed by atoms with van der Waals surface area (Å²) in [6, 6.07) is 12.1. The topological polar surface area (TPSA) is 94.6 Å². The Morgan fingerprint density at radius 2 is 1.96 bits per heavy atom. The van der Waals surface area contributed by atoms with Crippen molar-refractivity contribution in [2.75, 3.05) is 12.4 Å². The third kappa shape index (κ3) is 3.89. The minimum atomic E-state index is -0.646. The van der Waals surface area contributed by atoms with Gasteiger partial charge in [0, 0.05) is 5.56 Å². The zero-order valence-corrected chi connectivity index (χ0v) is 15.4. The van der Waals surface area contributed by atoms with Gasteiger partial charge in [-0.2, -0.15) is 0 Å². The quantitative estimate of drug-likeness (QED) is 0.450. The van der Waals surface area contributed by atoms with E-state index in [4.69, 9.17) is 32.4 Å². The van der Waals surface area contributed by atoms with Gasteiger partial charge < -0.3 is 14.5 Å². The molecular formula is C18H12Cl2N2O5. The first-order valence-electron chi connectivity index (χ1n) is 7.58. The molecule has 2 aromatic carbocycles. The maximum absolute atomic E-state index is 12.4. The predicted octanol–water partition coefficient (Wildman–Crippen LogP) is 5.42. The number of benzene rings is 2. The van der Waals surface area contributed by atoms with Gasteiger partial charge in [0.2, 0.25) is 0 Å². The number of rotatable bonds is 5. The lowest BCUT2D eigenvalue weighted by molar-refractivity contribution is -0.384. The van der Waals surface area contributed by atoms with E-state index in [1.807, 2.05) is 0 Å². The molecule has 0 spiro atoms. The van der Waals surface area contributed by atoms with Gasteiger partial charge in [-0.3, -0.25) is 14.9 Å². The number of methoxy groups -OCH3 is 1. The van der Waals surface area contributed by atoms with E-state index < -0.39 is 10.8 Å². The van der Waals surface area contributed by atoms with Crippen LogP contribution in [0.3, 0.4) is 0 Å². The number of amides is 1. The van der Waals surface area contributed by atoms with Crippen molar-refractivity contribution in [1.82, 2.24) is 0 Å². The molecule has 3 aromatic rings. The molecule has 0 fully saturated rings. The van der Waals surface area contributed by atoms with Crippen molar-refractivity contribution >= 4 is 40.5 Å². The highest BCUT2D eigenvalue weighted by atomic mass is 35.5. The predicted molar refractivity (Wildman–Crippen MR) is 102 cm³/mol. The van der Waals surface area contributed by atoms with Gasteiger partial charge in [0.15, 0.2) is 5.76 Å². The number of nitrogens with one attached hydrogen (secondary N) is 1. The largest absolute Gasteiger partial charge is 0.496 e. The number of furan rings is 1. The van der Waals surface area contributed by atoms with Gasteiger partial charge in [0.25, 0.3) is 11.6 Å². The number of hydrogen-bond donors (Lipinski definition) is 1. The molecule has 0 saturated carbocycles. The number of carbonyl (C=O) groups is 1. The van der Waals surface area contributed by atoms with Crippen LogP contribution in [0.4, 0.5) is 11.4 Å². The van der Waals surface area contributed by atoms with Crippen molar-refractivity contribution in [3.05, 3.63) is 74.5 Å². The first-order chi connectivity index (χ1) is 12.9. The van der Waals surface area contributed by atoms with Gasteiger partial charge in [-0.05, 0) is 36.4 Å². The molecule has 0 aliphatic rings. The Kier molecular flexibility index (Phi) is 5.34. The van der Waals surface area contributed by atoms with Crippen molar-refractivity contribution < 1.29 is 18.9 Å². The Bertz CT molecular complexity index is 1030. The summed E-state index contributed by atoms with van der Waals surface area (Å²) in [5.41, 5.74) is 0.246. The molecule has 1 aromatic heterocycles. The van der Waals surface area contributed by atoms with E-state index in [-0.39, 0.29) is 17.1 Å². The number of nitro groups is 1. The highest BCUT2D eigenvalue weighted by molar-refractivity contribution is 6.43. The third-order valence-electron chi connectivity index (χ3n) is 3.70. The Morgan fingerprint density at radius 1 is 1.19 bits per heavy atom. The van der Waals surface area contributed by atoms with Crippen LogP contribution in [0.15, 0.2) is 52.9 Å². The molecule has 0 unspecified atom stereocenters. The number of nitro benzene ring substituents is 1. The van der Waals surface area contributed by atoms with E-state index in [1.54, 1.807) is 24.3 Å². The summed E-state index contributed by atoms with van der Waals surface area (Å²) in [5, 5.41) is 14.3. The SMILES string of the molecule is COc1ccc(NC(=O)c2ccc(-c3cccc(Cl)c3Cl)o2)c([N+](=O)[O-])c1. The molecule has 138 valence electrons. The molecule has 1 heterocycles. The number of hydrogen-bond acceptors (Lipinski definition) is 5. The fraction of sp³-hybridized carbons (Fsp3) is 0.0556. The molecule has 1 amide bonds. The zero-order chi connectivity index (χ0) is 19.6. The summed E-state index contributed by atoms with van der Waals surface area (Å²) >= 11 is 12.1. The van der Waals surface area contributed by atoms with Crippen LogP contribution in [0.2, 0.25) is 10.0 Å². The van der Waals surface area contributed by atoms with Crippen molar-refractivity contribution in [2.45, 2.75) is 0 Å². The summed E-state index contributed by atoms with van der Waals surface area (Å²) in [6.45, 7) is 0. The minimum Gasteiger partial charge on any atom is -0.496 e. The van der Waals surface area contributed by atoms with E-state index in [2.05, 4.69) is 5.32 Å². The van der Waals surface area contributed by atoms with Crippen LogP contribution in [0.1, 0.15) is 10.6 Å². The van der Waals surface area contributed by atoms with Gasteiger partial charge >= 0.3 is 0 Å². The van der Waals surface area contributed by atoms with Gasteiger partial charge in [-0.15, -0.1) is 0 Å². The van der Waals surface area contributed by atoms with Crippen LogP contribution in [0.5, 0.6) is 5.75 Å². The lowest BCUT2D eigenvalue weighted by Crippen LogP contribution is -2.12. The van der Waals surface area contributed by atoms with E-state index in [0.717, 1.165) is 0 Å². The second-order valence-corrected chi connectivity index (χ2v) is 6.14. The van der Waals surface area contributed by atoms with Crippen LogP contribution < -0.4 is 10.1 Å². The highest BCUT2D eigenvalue weighted by Crippen LogP contribution is 2.35. The number of halogens is 2. The fourth-order valence-electron chi connectivity index (χ4n) is 2.38. The van der Waals surface area contributed by atoms with Crippen molar-refractivity contribution in [3.63, 3.8) is 0 Å². The van der Waals surface area contributed by atoms with Crippen molar-refractivity contribution in [1.29, 1.82) is 0 Å². The van der Waals surface area contributed by atoms with Crippen LogP contribution in [-0.4, -0.2) is 17.9 Å². The Labute approximate surface area is 163 Å². The molecule has 0 radical (unpaired) electrons. The molecule has 3 rings (SSSR count). The number of carbonyl (C=O) groups excluding carboxylic acids is 1. The molecule has 0 aliphatic carbocycles. The second-order valence-electron chi connectivity index (χ2n) is 5.36. The number of anilines is 1. The van der Waals surface area contributed by atoms with Crippen LogP contribution >= 0.6 is 23.2 Å². The summed E-state index contributed by atoms with van der Waals surface area (Å²) in [7, 11) is 1.39. The van der Waals surface area contributed by atoms with Crippen molar-refractivity contribution in [3.8, 4) is 17.1 Å². The number of ether oxygens (including phenoxy) is 1.